The average Bonchev–Trinajstić information content (AvgIpc) is 2.82. The molecule has 0 fully saturated rings. The Hall–Kier alpha value is -1.34. The van der Waals surface area contributed by atoms with E-state index in [1.807, 2.05) is 22.9 Å². The van der Waals surface area contributed by atoms with Crippen molar-refractivity contribution in [3.63, 3.8) is 0 Å². The van der Waals surface area contributed by atoms with Crippen molar-refractivity contribution in [1.82, 2.24) is 9.55 Å². The Morgan fingerprint density at radius 3 is 2.89 bits per heavy atom. The molecule has 0 unspecified atom stereocenters. The third-order valence-corrected chi connectivity index (χ3v) is 4.91. The van der Waals surface area contributed by atoms with Gasteiger partial charge in [-0.2, -0.15) is 0 Å². The summed E-state index contributed by atoms with van der Waals surface area (Å²) in [6.07, 6.45) is 5.28. The maximum Gasteiger partial charge on any atom is 0.242 e. The number of hydrogen-bond acceptors (Lipinski definition) is 3. The Bertz CT molecular complexity index is 611. The molecule has 7 heteroatoms. The van der Waals surface area contributed by atoms with Gasteiger partial charge in [-0.05, 0) is 17.7 Å². The minimum Gasteiger partial charge on any atom is -0.333 e. The van der Waals surface area contributed by atoms with Crippen molar-refractivity contribution in [2.75, 3.05) is 9.38 Å². The predicted octanol–water partition coefficient (Wildman–Crippen LogP) is 2.03. The van der Waals surface area contributed by atoms with Crippen LogP contribution >= 0.6 is 15.9 Å². The monoisotopic (exact) mass is 329 g/mol. The second kappa shape index (κ2) is 5.53. The van der Waals surface area contributed by atoms with Gasteiger partial charge in [-0.25, -0.2) is 13.4 Å². The third-order valence-electron chi connectivity index (χ3n) is 2.27. The fourth-order valence-corrected chi connectivity index (χ4v) is 2.42. The van der Waals surface area contributed by atoms with Gasteiger partial charge in [0.1, 0.15) is 4.66 Å². The van der Waals surface area contributed by atoms with Crippen molar-refractivity contribution in [3.8, 4) is 0 Å². The number of nitrogens with zero attached hydrogens (tertiary/aromatic N) is 2. The van der Waals surface area contributed by atoms with Crippen LogP contribution in [0.5, 0.6) is 0 Å². The Balaban J connectivity index is 2.15. The number of anilines is 1. The van der Waals surface area contributed by atoms with Gasteiger partial charge < -0.3 is 4.57 Å². The van der Waals surface area contributed by atoms with Crippen LogP contribution in [0, 0.1) is 0 Å². The summed E-state index contributed by atoms with van der Waals surface area (Å²) in [6.45, 7) is 0.657. The van der Waals surface area contributed by atoms with Gasteiger partial charge in [0.05, 0.1) is 6.33 Å². The number of aromatic nitrogens is 2. The van der Waals surface area contributed by atoms with E-state index < -0.39 is 10.0 Å². The normalized spacial score (nSPS) is 11.4. The van der Waals surface area contributed by atoms with Crippen molar-refractivity contribution in [2.45, 2.75) is 6.54 Å². The zero-order chi connectivity index (χ0) is 13.0. The Kier molecular flexibility index (Phi) is 4.03. The first-order valence-corrected chi connectivity index (χ1v) is 7.97. The molecular formula is C11H12BrN3O2S. The van der Waals surface area contributed by atoms with Crippen molar-refractivity contribution in [3.05, 3.63) is 48.5 Å². The fourth-order valence-electron chi connectivity index (χ4n) is 1.53. The van der Waals surface area contributed by atoms with Crippen LogP contribution in [0.4, 0.5) is 5.69 Å². The lowest BCUT2D eigenvalue weighted by Gasteiger charge is -2.08. The standard InChI is InChI=1S/C11H12BrN3O2S/c12-8-18(16,17)14-11-3-1-2-10(6-11)7-15-5-4-13-9-15/h1-6,9,14H,7-8H2. The van der Waals surface area contributed by atoms with Gasteiger partial charge in [0, 0.05) is 24.6 Å². The minimum absolute atomic E-state index is 0.119. The van der Waals surface area contributed by atoms with E-state index in [4.69, 9.17) is 0 Å². The van der Waals surface area contributed by atoms with E-state index in [9.17, 15) is 8.42 Å². The molecular weight excluding hydrogens is 318 g/mol. The van der Waals surface area contributed by atoms with Crippen LogP contribution in [0.2, 0.25) is 0 Å². The van der Waals surface area contributed by atoms with Crippen LogP contribution < -0.4 is 4.72 Å². The van der Waals surface area contributed by atoms with E-state index in [0.717, 1.165) is 5.56 Å². The first-order chi connectivity index (χ1) is 8.59. The summed E-state index contributed by atoms with van der Waals surface area (Å²) in [5.74, 6) is 0. The molecule has 0 radical (unpaired) electrons. The number of nitrogens with one attached hydrogen (secondary N) is 1. The van der Waals surface area contributed by atoms with Gasteiger partial charge in [0.25, 0.3) is 0 Å². The Morgan fingerprint density at radius 1 is 1.39 bits per heavy atom. The van der Waals surface area contributed by atoms with E-state index in [0.29, 0.717) is 12.2 Å². The van der Waals surface area contributed by atoms with Crippen LogP contribution in [0.3, 0.4) is 0 Å². The summed E-state index contributed by atoms with van der Waals surface area (Å²) in [4.78, 5) is 3.96. The average molecular weight is 330 g/mol. The lowest BCUT2D eigenvalue weighted by molar-refractivity contribution is 0.606. The van der Waals surface area contributed by atoms with Gasteiger partial charge in [0.15, 0.2) is 0 Å². The third kappa shape index (κ3) is 3.58. The number of imidazole rings is 1. The summed E-state index contributed by atoms with van der Waals surface area (Å²) in [5.41, 5.74) is 1.56. The number of halogens is 1. The number of alkyl halides is 1. The molecule has 18 heavy (non-hydrogen) atoms. The topological polar surface area (TPSA) is 64.0 Å². The molecule has 0 atom stereocenters. The Labute approximate surface area is 114 Å². The molecule has 0 saturated heterocycles. The van der Waals surface area contributed by atoms with Crippen molar-refractivity contribution in [2.24, 2.45) is 0 Å². The number of sulfonamides is 1. The highest BCUT2D eigenvalue weighted by atomic mass is 79.9. The first kappa shape index (κ1) is 13.1. The van der Waals surface area contributed by atoms with E-state index >= 15 is 0 Å². The van der Waals surface area contributed by atoms with E-state index in [2.05, 4.69) is 25.6 Å². The number of rotatable bonds is 5. The quantitative estimate of drug-likeness (QED) is 0.853. The zero-order valence-corrected chi connectivity index (χ0v) is 11.9. The summed E-state index contributed by atoms with van der Waals surface area (Å²) in [6, 6.07) is 7.28. The van der Waals surface area contributed by atoms with Crippen molar-refractivity contribution < 1.29 is 8.42 Å². The van der Waals surface area contributed by atoms with Gasteiger partial charge in [-0.1, -0.05) is 28.1 Å². The summed E-state index contributed by atoms with van der Waals surface area (Å²) in [7, 11) is -3.30. The maximum absolute atomic E-state index is 11.4. The number of benzene rings is 1. The molecule has 1 aromatic carbocycles. The van der Waals surface area contributed by atoms with Gasteiger partial charge in [-0.3, -0.25) is 4.72 Å². The number of hydrogen-bond donors (Lipinski definition) is 1. The molecule has 1 aromatic heterocycles. The molecule has 96 valence electrons. The highest BCUT2D eigenvalue weighted by Gasteiger charge is 2.07. The largest absolute Gasteiger partial charge is 0.333 e. The molecule has 1 N–H and O–H groups in total. The maximum atomic E-state index is 11.4. The predicted molar refractivity (Wildman–Crippen MR) is 74.1 cm³/mol. The molecule has 0 bridgehead atoms. The smallest absolute Gasteiger partial charge is 0.242 e. The highest BCUT2D eigenvalue weighted by molar-refractivity contribution is 9.10. The molecule has 0 spiro atoms. The first-order valence-electron chi connectivity index (χ1n) is 5.20. The molecule has 0 aliphatic heterocycles. The molecule has 0 saturated carbocycles. The van der Waals surface area contributed by atoms with Gasteiger partial charge in [0.2, 0.25) is 10.0 Å². The molecule has 1 heterocycles. The van der Waals surface area contributed by atoms with Crippen LogP contribution in [0.15, 0.2) is 43.0 Å². The lowest BCUT2D eigenvalue weighted by Crippen LogP contribution is -2.13. The summed E-state index contributed by atoms with van der Waals surface area (Å²) < 4.78 is 27.1. The molecule has 0 aliphatic carbocycles. The summed E-state index contributed by atoms with van der Waals surface area (Å²) >= 11 is 2.93. The molecule has 0 aliphatic rings. The van der Waals surface area contributed by atoms with Gasteiger partial charge >= 0.3 is 0 Å². The zero-order valence-electron chi connectivity index (χ0n) is 9.45. The molecule has 2 rings (SSSR count). The van der Waals surface area contributed by atoms with Crippen molar-refractivity contribution in [1.29, 1.82) is 0 Å². The Morgan fingerprint density at radius 2 is 2.22 bits per heavy atom. The minimum atomic E-state index is -3.30. The van der Waals surface area contributed by atoms with Crippen LogP contribution in [0.1, 0.15) is 5.56 Å². The second-order valence-electron chi connectivity index (χ2n) is 3.76. The molecule has 2 aromatic rings. The van der Waals surface area contributed by atoms with E-state index in [-0.39, 0.29) is 4.66 Å². The van der Waals surface area contributed by atoms with Gasteiger partial charge in [-0.15, -0.1) is 0 Å². The molecule has 0 amide bonds. The lowest BCUT2D eigenvalue weighted by atomic mass is 10.2. The molecule has 5 nitrogen and oxygen atoms in total. The summed E-state index contributed by atoms with van der Waals surface area (Å²) in [5, 5.41) is 0. The van der Waals surface area contributed by atoms with Crippen molar-refractivity contribution >= 4 is 31.6 Å². The fraction of sp³-hybridized carbons (Fsp3) is 0.182. The SMILES string of the molecule is O=S(=O)(CBr)Nc1cccc(Cn2ccnc2)c1. The van der Waals surface area contributed by atoms with Crippen LogP contribution in [-0.4, -0.2) is 22.6 Å². The second-order valence-corrected chi connectivity index (χ2v) is 6.79. The van der Waals surface area contributed by atoms with Crippen LogP contribution in [-0.2, 0) is 16.6 Å². The van der Waals surface area contributed by atoms with E-state index in [1.165, 1.54) is 0 Å². The van der Waals surface area contributed by atoms with E-state index in [1.54, 1.807) is 24.7 Å². The van der Waals surface area contributed by atoms with Crippen LogP contribution in [0.25, 0.3) is 0 Å². The highest BCUT2D eigenvalue weighted by Crippen LogP contribution is 2.14.